The molecule has 5 nitrogen and oxygen atoms in total. The first-order chi connectivity index (χ1) is 15.9. The Bertz CT molecular complexity index is 1250. The molecule has 1 aromatic heterocycles. The van der Waals surface area contributed by atoms with Crippen LogP contribution in [0.5, 0.6) is 0 Å². The molecule has 0 spiro atoms. The summed E-state index contributed by atoms with van der Waals surface area (Å²) in [4.78, 5) is 25.1. The number of rotatable bonds is 4. The summed E-state index contributed by atoms with van der Waals surface area (Å²) < 4.78 is 13.2. The lowest BCUT2D eigenvalue weighted by Crippen LogP contribution is -2.36. The number of hydrogen-bond donors (Lipinski definition) is 1. The van der Waals surface area contributed by atoms with Crippen LogP contribution >= 0.6 is 0 Å². The van der Waals surface area contributed by atoms with Crippen LogP contribution in [0.2, 0.25) is 0 Å². The van der Waals surface area contributed by atoms with Crippen LogP contribution in [0.15, 0.2) is 64.9 Å². The number of nitrogens with one attached hydrogen (secondary N) is 1. The van der Waals surface area contributed by atoms with Gasteiger partial charge in [-0.05, 0) is 94.0 Å². The van der Waals surface area contributed by atoms with Crippen molar-refractivity contribution in [1.82, 2.24) is 10.3 Å². The van der Waals surface area contributed by atoms with Crippen molar-refractivity contribution in [3.63, 3.8) is 0 Å². The number of carbonyl (C=O) groups excluding carboxylic acids is 1. The molecule has 2 atom stereocenters. The molecule has 3 heterocycles. The lowest BCUT2D eigenvalue weighted by molar-refractivity contribution is 0.0929. The molecule has 1 N–H and O–H groups in total. The van der Waals surface area contributed by atoms with Crippen LogP contribution in [0.4, 0.5) is 10.1 Å². The molecule has 2 unspecified atom stereocenters. The summed E-state index contributed by atoms with van der Waals surface area (Å²) in [6.45, 7) is 5.17. The highest BCUT2D eigenvalue weighted by molar-refractivity contribution is 5.95. The van der Waals surface area contributed by atoms with E-state index in [2.05, 4.69) is 48.3 Å². The number of pyridine rings is 1. The van der Waals surface area contributed by atoms with Gasteiger partial charge in [0, 0.05) is 25.2 Å². The zero-order valence-corrected chi connectivity index (χ0v) is 18.9. The number of benzene rings is 1. The van der Waals surface area contributed by atoms with Gasteiger partial charge >= 0.3 is 0 Å². The largest absolute Gasteiger partial charge is 0.341 e. The third kappa shape index (κ3) is 3.67. The van der Waals surface area contributed by atoms with Crippen molar-refractivity contribution in [3.05, 3.63) is 82.7 Å². The van der Waals surface area contributed by atoms with E-state index in [1.165, 1.54) is 29.8 Å². The SMILES string of the molecule is CC1=CC(C)=NC(N2CC3CC3c3nc(C4(NC(=O)c5ccc(F)cc5)CC4)ccc32)=CC1.[HH]. The van der Waals surface area contributed by atoms with Gasteiger partial charge in [0.2, 0.25) is 0 Å². The third-order valence-electron chi connectivity index (χ3n) is 7.21. The Morgan fingerprint density at radius 1 is 1.18 bits per heavy atom. The molecule has 2 aliphatic heterocycles. The molecular formula is C27H29FN4O. The summed E-state index contributed by atoms with van der Waals surface area (Å²) >= 11 is 0. The second-order valence-corrected chi connectivity index (χ2v) is 9.87. The molecule has 1 aromatic carbocycles. The third-order valence-corrected chi connectivity index (χ3v) is 7.21. The lowest BCUT2D eigenvalue weighted by atomic mass is 10.0. The molecule has 0 saturated heterocycles. The number of anilines is 1. The van der Waals surface area contributed by atoms with Gasteiger partial charge in [-0.1, -0.05) is 5.57 Å². The van der Waals surface area contributed by atoms with Crippen LogP contribution < -0.4 is 10.2 Å². The highest BCUT2D eigenvalue weighted by atomic mass is 19.1. The number of amides is 1. The number of halogens is 1. The van der Waals surface area contributed by atoms with Gasteiger partial charge in [0.05, 0.1) is 22.6 Å². The fraction of sp³-hybridized carbons (Fsp3) is 0.370. The number of aromatic nitrogens is 1. The summed E-state index contributed by atoms with van der Waals surface area (Å²) in [5.74, 6) is 1.58. The minimum atomic E-state index is -0.426. The second kappa shape index (κ2) is 7.37. The molecule has 6 rings (SSSR count). The number of hydrogen-bond acceptors (Lipinski definition) is 4. The first kappa shape index (κ1) is 20.3. The molecule has 4 aliphatic rings. The molecule has 6 heteroatoms. The maximum Gasteiger partial charge on any atom is 0.252 e. The first-order valence-electron chi connectivity index (χ1n) is 11.7. The summed E-state index contributed by atoms with van der Waals surface area (Å²) in [5, 5.41) is 3.17. The van der Waals surface area contributed by atoms with Gasteiger partial charge in [-0.15, -0.1) is 0 Å². The second-order valence-electron chi connectivity index (χ2n) is 9.87. The number of fused-ring (bicyclic) bond motifs is 3. The monoisotopic (exact) mass is 444 g/mol. The predicted octanol–water partition coefficient (Wildman–Crippen LogP) is 5.46. The van der Waals surface area contributed by atoms with E-state index >= 15 is 0 Å². The van der Waals surface area contributed by atoms with Crippen molar-refractivity contribution in [2.75, 3.05) is 11.4 Å². The number of allylic oxidation sites excluding steroid dienone is 3. The van der Waals surface area contributed by atoms with Gasteiger partial charge in [-0.2, -0.15) is 0 Å². The molecule has 0 bridgehead atoms. The highest BCUT2D eigenvalue weighted by Crippen LogP contribution is 2.56. The Hall–Kier alpha value is -3.28. The fourth-order valence-electron chi connectivity index (χ4n) is 5.13. The van der Waals surface area contributed by atoms with E-state index in [1.54, 1.807) is 0 Å². The quantitative estimate of drug-likeness (QED) is 0.681. The van der Waals surface area contributed by atoms with E-state index in [0.29, 0.717) is 17.4 Å². The molecule has 2 saturated carbocycles. The van der Waals surface area contributed by atoms with Crippen molar-refractivity contribution in [3.8, 4) is 0 Å². The average Bonchev–Trinajstić information content (AvgIpc) is 3.70. The van der Waals surface area contributed by atoms with Crippen LogP contribution in [-0.2, 0) is 5.54 Å². The molecule has 170 valence electrons. The first-order valence-corrected chi connectivity index (χ1v) is 11.7. The Morgan fingerprint density at radius 2 is 1.97 bits per heavy atom. The maximum absolute atomic E-state index is 13.2. The van der Waals surface area contributed by atoms with Gasteiger partial charge in [0.15, 0.2) is 0 Å². The van der Waals surface area contributed by atoms with Crippen molar-refractivity contribution in [2.45, 2.75) is 51.0 Å². The molecule has 2 aliphatic carbocycles. The highest BCUT2D eigenvalue weighted by Gasteiger charge is 2.51. The Morgan fingerprint density at radius 3 is 2.73 bits per heavy atom. The number of aliphatic imine (C=N–C) groups is 1. The van der Waals surface area contributed by atoms with Gasteiger partial charge in [-0.25, -0.2) is 9.38 Å². The van der Waals surface area contributed by atoms with E-state index in [9.17, 15) is 9.18 Å². The molecule has 0 radical (unpaired) electrons. The molecule has 2 aromatic rings. The van der Waals surface area contributed by atoms with Gasteiger partial charge < -0.3 is 10.2 Å². The van der Waals surface area contributed by atoms with Crippen molar-refractivity contribution in [2.24, 2.45) is 10.9 Å². The van der Waals surface area contributed by atoms with E-state index in [-0.39, 0.29) is 13.2 Å². The van der Waals surface area contributed by atoms with E-state index < -0.39 is 5.54 Å². The van der Waals surface area contributed by atoms with Crippen LogP contribution in [-0.4, -0.2) is 23.1 Å². The van der Waals surface area contributed by atoms with Gasteiger partial charge in [0.1, 0.15) is 11.6 Å². The Balaban J connectivity index is 0.00000241. The zero-order chi connectivity index (χ0) is 22.7. The fourth-order valence-corrected chi connectivity index (χ4v) is 5.13. The van der Waals surface area contributed by atoms with E-state index in [1.807, 2.05) is 0 Å². The van der Waals surface area contributed by atoms with E-state index in [0.717, 1.165) is 60.8 Å². The summed E-state index contributed by atoms with van der Waals surface area (Å²) in [6, 6.07) is 9.89. The van der Waals surface area contributed by atoms with Crippen LogP contribution in [0, 0.1) is 11.7 Å². The topological polar surface area (TPSA) is 57.6 Å². The standard InChI is InChI=1S/C27H27FN4O.H2/c1-16-3-10-24(29-17(2)13-16)32-15-19-14-21(19)25-22(32)8-9-23(30-25)27(11-12-27)31-26(33)18-4-6-20(28)7-5-18;/h4-10,13,19,21H,3,11-12,14-15H2,1-2H3,(H,31,33);1H. The van der Waals surface area contributed by atoms with Gasteiger partial charge in [-0.3, -0.25) is 9.78 Å². The Kier molecular flexibility index (Phi) is 4.54. The average molecular weight is 445 g/mol. The van der Waals surface area contributed by atoms with Crippen LogP contribution in [0.25, 0.3) is 0 Å². The summed E-state index contributed by atoms with van der Waals surface area (Å²) in [5.41, 5.74) is 5.58. The zero-order valence-electron chi connectivity index (χ0n) is 18.9. The number of nitrogens with zero attached hydrogens (tertiary/aromatic N) is 3. The molecule has 1 amide bonds. The minimum Gasteiger partial charge on any atom is -0.341 e. The smallest absolute Gasteiger partial charge is 0.252 e. The van der Waals surface area contributed by atoms with Crippen LogP contribution in [0.1, 0.15) is 68.6 Å². The summed E-state index contributed by atoms with van der Waals surface area (Å²) in [6.07, 6.45) is 8.15. The van der Waals surface area contributed by atoms with E-state index in [4.69, 9.17) is 9.98 Å². The maximum atomic E-state index is 13.2. The van der Waals surface area contributed by atoms with Crippen molar-refractivity contribution in [1.29, 1.82) is 0 Å². The Labute approximate surface area is 194 Å². The molecule has 33 heavy (non-hydrogen) atoms. The normalized spacial score (nSPS) is 24.5. The predicted molar refractivity (Wildman–Crippen MR) is 129 cm³/mol. The molecular weight excluding hydrogens is 415 g/mol. The van der Waals surface area contributed by atoms with Crippen molar-refractivity contribution >= 4 is 17.3 Å². The summed E-state index contributed by atoms with van der Waals surface area (Å²) in [7, 11) is 0. The van der Waals surface area contributed by atoms with Gasteiger partial charge in [0.25, 0.3) is 5.91 Å². The lowest BCUT2D eigenvalue weighted by Gasteiger charge is -2.31. The molecule has 2 fully saturated rings. The number of carbonyl (C=O) groups is 1. The van der Waals surface area contributed by atoms with Crippen LogP contribution in [0.3, 0.4) is 0 Å². The minimum absolute atomic E-state index is 0. The van der Waals surface area contributed by atoms with Crippen molar-refractivity contribution < 1.29 is 10.6 Å².